The summed E-state index contributed by atoms with van der Waals surface area (Å²) >= 11 is 0. The number of amides is 1. The van der Waals surface area contributed by atoms with Crippen molar-refractivity contribution in [1.29, 1.82) is 0 Å². The second-order valence-electron chi connectivity index (χ2n) is 7.16. The lowest BCUT2D eigenvalue weighted by atomic mass is 10.1. The Morgan fingerprint density at radius 1 is 1.20 bits per heavy atom. The molecule has 0 bridgehead atoms. The van der Waals surface area contributed by atoms with E-state index in [0.717, 1.165) is 6.54 Å². The Morgan fingerprint density at radius 2 is 1.92 bits per heavy atom. The number of hydrogen-bond donors (Lipinski definition) is 1. The van der Waals surface area contributed by atoms with Crippen LogP contribution in [0.1, 0.15) is 55.2 Å². The van der Waals surface area contributed by atoms with Crippen molar-refractivity contribution in [2.75, 3.05) is 6.54 Å². The highest BCUT2D eigenvalue weighted by Crippen LogP contribution is 2.16. The number of hydrogen-bond acceptors (Lipinski definition) is 4. The van der Waals surface area contributed by atoms with Gasteiger partial charge in [-0.1, -0.05) is 38.1 Å². The van der Waals surface area contributed by atoms with Crippen LogP contribution >= 0.6 is 0 Å². The molecule has 1 aromatic heterocycles. The molecule has 0 unspecified atom stereocenters. The second-order valence-corrected chi connectivity index (χ2v) is 7.16. The standard InChI is InChI=1S/C20H29N3O2/c1-14(2)10-21-20(24)18-13-25-19(22-18)12-23(15(3)4)11-17-9-7-6-8-16(17)5/h6-9,13-15H,10-12H2,1-5H3,(H,21,24). The highest BCUT2D eigenvalue weighted by Gasteiger charge is 2.17. The highest BCUT2D eigenvalue weighted by atomic mass is 16.3. The van der Waals surface area contributed by atoms with E-state index in [-0.39, 0.29) is 5.91 Å². The van der Waals surface area contributed by atoms with Gasteiger partial charge in [0.2, 0.25) is 5.89 Å². The van der Waals surface area contributed by atoms with Gasteiger partial charge < -0.3 is 9.73 Å². The molecule has 136 valence electrons. The van der Waals surface area contributed by atoms with Gasteiger partial charge in [-0.3, -0.25) is 9.69 Å². The third-order valence-electron chi connectivity index (χ3n) is 4.16. The van der Waals surface area contributed by atoms with Gasteiger partial charge in [0.1, 0.15) is 6.26 Å². The minimum absolute atomic E-state index is 0.182. The molecular weight excluding hydrogens is 314 g/mol. The molecule has 0 saturated heterocycles. The predicted octanol–water partition coefficient (Wildman–Crippen LogP) is 3.78. The maximum Gasteiger partial charge on any atom is 0.273 e. The van der Waals surface area contributed by atoms with Crippen LogP contribution in [0, 0.1) is 12.8 Å². The van der Waals surface area contributed by atoms with Crippen LogP contribution in [0.4, 0.5) is 0 Å². The molecule has 5 nitrogen and oxygen atoms in total. The average molecular weight is 343 g/mol. The summed E-state index contributed by atoms with van der Waals surface area (Å²) in [5.74, 6) is 0.788. The van der Waals surface area contributed by atoms with E-state index in [1.807, 2.05) is 0 Å². The third-order valence-corrected chi connectivity index (χ3v) is 4.16. The Hall–Kier alpha value is -2.14. The monoisotopic (exact) mass is 343 g/mol. The molecule has 0 fully saturated rings. The number of nitrogens with one attached hydrogen (secondary N) is 1. The van der Waals surface area contributed by atoms with E-state index in [1.54, 1.807) is 0 Å². The first-order valence-corrected chi connectivity index (χ1v) is 8.88. The largest absolute Gasteiger partial charge is 0.447 e. The van der Waals surface area contributed by atoms with E-state index in [1.165, 1.54) is 17.4 Å². The topological polar surface area (TPSA) is 58.4 Å². The molecule has 2 aromatic rings. The first kappa shape index (κ1) is 19.2. The van der Waals surface area contributed by atoms with E-state index in [4.69, 9.17) is 4.42 Å². The van der Waals surface area contributed by atoms with Gasteiger partial charge in [0.05, 0.1) is 6.54 Å². The molecule has 0 aliphatic rings. The quantitative estimate of drug-likeness (QED) is 0.792. The fourth-order valence-corrected chi connectivity index (χ4v) is 2.48. The van der Waals surface area contributed by atoms with Gasteiger partial charge in [-0.05, 0) is 37.8 Å². The van der Waals surface area contributed by atoms with Gasteiger partial charge in [-0.15, -0.1) is 0 Å². The summed E-state index contributed by atoms with van der Waals surface area (Å²) in [5.41, 5.74) is 2.90. The maximum absolute atomic E-state index is 12.1. The average Bonchev–Trinajstić information content (AvgIpc) is 3.02. The lowest BCUT2D eigenvalue weighted by molar-refractivity contribution is 0.0944. The first-order valence-electron chi connectivity index (χ1n) is 8.88. The number of nitrogens with zero attached hydrogens (tertiary/aromatic N) is 2. The Bertz CT molecular complexity index is 692. The molecule has 0 atom stereocenters. The molecule has 1 N–H and O–H groups in total. The summed E-state index contributed by atoms with van der Waals surface area (Å²) in [6.07, 6.45) is 1.44. The molecule has 0 saturated carbocycles. The van der Waals surface area contributed by atoms with Gasteiger partial charge in [-0.2, -0.15) is 0 Å². The molecule has 0 aliphatic carbocycles. The zero-order valence-corrected chi connectivity index (χ0v) is 15.9. The number of rotatable bonds is 8. The van der Waals surface area contributed by atoms with Crippen molar-refractivity contribution >= 4 is 5.91 Å². The van der Waals surface area contributed by atoms with E-state index < -0.39 is 0 Å². The van der Waals surface area contributed by atoms with Crippen LogP contribution in [0.15, 0.2) is 34.9 Å². The molecule has 1 heterocycles. The fourth-order valence-electron chi connectivity index (χ4n) is 2.48. The van der Waals surface area contributed by atoms with Crippen LogP contribution in [0.2, 0.25) is 0 Å². The summed E-state index contributed by atoms with van der Waals surface area (Å²) in [6, 6.07) is 8.71. The van der Waals surface area contributed by atoms with Crippen molar-refractivity contribution in [1.82, 2.24) is 15.2 Å². The fraction of sp³-hybridized carbons (Fsp3) is 0.500. The number of benzene rings is 1. The van der Waals surface area contributed by atoms with E-state index >= 15 is 0 Å². The summed E-state index contributed by atoms with van der Waals surface area (Å²) in [7, 11) is 0. The molecule has 0 aliphatic heterocycles. The Morgan fingerprint density at radius 3 is 2.56 bits per heavy atom. The van der Waals surface area contributed by atoms with Crippen LogP contribution in [0.5, 0.6) is 0 Å². The van der Waals surface area contributed by atoms with Crippen molar-refractivity contribution in [2.45, 2.75) is 53.8 Å². The van der Waals surface area contributed by atoms with Gasteiger partial charge in [0, 0.05) is 19.1 Å². The molecule has 0 spiro atoms. The van der Waals surface area contributed by atoms with Crippen LogP contribution < -0.4 is 5.32 Å². The van der Waals surface area contributed by atoms with Crippen molar-refractivity contribution in [2.24, 2.45) is 5.92 Å². The molecule has 25 heavy (non-hydrogen) atoms. The highest BCUT2D eigenvalue weighted by molar-refractivity contribution is 5.91. The number of oxazole rings is 1. The summed E-state index contributed by atoms with van der Waals surface area (Å²) in [5, 5.41) is 2.86. The van der Waals surface area contributed by atoms with Crippen LogP contribution in [-0.4, -0.2) is 28.4 Å². The number of carbonyl (C=O) groups excluding carboxylic acids is 1. The van der Waals surface area contributed by atoms with Crippen LogP contribution in [-0.2, 0) is 13.1 Å². The van der Waals surface area contributed by atoms with Crippen molar-refractivity contribution in [3.05, 3.63) is 53.2 Å². The summed E-state index contributed by atoms with van der Waals surface area (Å²) in [6.45, 7) is 12.6. The lowest BCUT2D eigenvalue weighted by Gasteiger charge is -2.25. The molecule has 5 heteroatoms. The molecule has 1 aromatic carbocycles. The van der Waals surface area contributed by atoms with Gasteiger partial charge in [-0.25, -0.2) is 4.98 Å². The lowest BCUT2D eigenvalue weighted by Crippen LogP contribution is -2.30. The zero-order chi connectivity index (χ0) is 18.4. The van der Waals surface area contributed by atoms with Gasteiger partial charge in [0.15, 0.2) is 5.69 Å². The van der Waals surface area contributed by atoms with Crippen molar-refractivity contribution < 1.29 is 9.21 Å². The zero-order valence-electron chi connectivity index (χ0n) is 15.9. The predicted molar refractivity (Wildman–Crippen MR) is 99.2 cm³/mol. The molecule has 1 amide bonds. The van der Waals surface area contributed by atoms with Gasteiger partial charge in [0.25, 0.3) is 5.91 Å². The Labute approximate surface area is 150 Å². The van der Waals surface area contributed by atoms with Crippen molar-refractivity contribution in [3.8, 4) is 0 Å². The molecule has 0 radical (unpaired) electrons. The van der Waals surface area contributed by atoms with Gasteiger partial charge >= 0.3 is 0 Å². The minimum atomic E-state index is -0.182. The molecular formula is C20H29N3O2. The van der Waals surface area contributed by atoms with E-state index in [2.05, 4.69) is 74.1 Å². The number of aromatic nitrogens is 1. The first-order chi connectivity index (χ1) is 11.9. The van der Waals surface area contributed by atoms with E-state index in [9.17, 15) is 4.79 Å². The summed E-state index contributed by atoms with van der Waals surface area (Å²) < 4.78 is 5.53. The smallest absolute Gasteiger partial charge is 0.273 e. The summed E-state index contributed by atoms with van der Waals surface area (Å²) in [4.78, 5) is 18.7. The maximum atomic E-state index is 12.1. The minimum Gasteiger partial charge on any atom is -0.447 e. The Kier molecular flexibility index (Phi) is 6.76. The number of carbonyl (C=O) groups is 1. The second kappa shape index (κ2) is 8.81. The van der Waals surface area contributed by atoms with Crippen LogP contribution in [0.25, 0.3) is 0 Å². The third kappa shape index (κ3) is 5.71. The number of aryl methyl sites for hydroxylation is 1. The molecule has 2 rings (SSSR count). The normalized spacial score (nSPS) is 11.5. The SMILES string of the molecule is Cc1ccccc1CN(Cc1nc(C(=O)NCC(C)C)co1)C(C)C. The Balaban J connectivity index is 2.03. The van der Waals surface area contributed by atoms with Crippen molar-refractivity contribution in [3.63, 3.8) is 0 Å². The van der Waals surface area contributed by atoms with Crippen LogP contribution in [0.3, 0.4) is 0 Å². The van der Waals surface area contributed by atoms with E-state index in [0.29, 0.717) is 36.6 Å².